The topological polar surface area (TPSA) is 79.3 Å². The Morgan fingerprint density at radius 3 is 2.85 bits per heavy atom. The maximum atomic E-state index is 13.0. The van der Waals surface area contributed by atoms with Gasteiger partial charge >= 0.3 is 5.56 Å². The van der Waals surface area contributed by atoms with E-state index < -0.39 is 0 Å². The lowest BCUT2D eigenvalue weighted by Crippen LogP contribution is -2.43. The Kier molecular flexibility index (Phi) is 4.90. The molecule has 0 aliphatic carbocycles. The van der Waals surface area contributed by atoms with E-state index in [1.165, 1.54) is 4.40 Å². The maximum absolute atomic E-state index is 13.0. The van der Waals surface area contributed by atoms with Crippen LogP contribution in [-0.4, -0.2) is 16.3 Å². The van der Waals surface area contributed by atoms with E-state index in [1.807, 2.05) is 26.0 Å². The van der Waals surface area contributed by atoms with E-state index in [4.69, 9.17) is 10.00 Å². The fourth-order valence-electron chi connectivity index (χ4n) is 2.97. The number of hydrogen-bond acceptors (Lipinski definition) is 4. The normalized spacial score (nSPS) is 10.7. The van der Waals surface area contributed by atoms with Crippen LogP contribution in [0.2, 0.25) is 0 Å². The van der Waals surface area contributed by atoms with E-state index in [9.17, 15) is 9.90 Å². The number of rotatable bonds is 5. The third kappa shape index (κ3) is 3.11. The zero-order valence-corrected chi connectivity index (χ0v) is 14.8. The minimum absolute atomic E-state index is 0.149. The van der Waals surface area contributed by atoms with E-state index in [1.54, 1.807) is 35.0 Å². The smallest absolute Gasteiger partial charge is 0.354 e. The van der Waals surface area contributed by atoms with Gasteiger partial charge in [0.25, 0.3) is 11.5 Å². The molecule has 0 saturated carbocycles. The molecule has 0 radical (unpaired) electrons. The second-order valence-electron chi connectivity index (χ2n) is 5.96. The van der Waals surface area contributed by atoms with Crippen LogP contribution in [0.3, 0.4) is 0 Å². The summed E-state index contributed by atoms with van der Waals surface area (Å²) in [7, 11) is 0. The predicted molar refractivity (Wildman–Crippen MR) is 97.1 cm³/mol. The first kappa shape index (κ1) is 17.5. The summed E-state index contributed by atoms with van der Waals surface area (Å²) in [6, 6.07) is 12.8. The fraction of sp³-hybridized carbons (Fsp3) is 0.250. The van der Waals surface area contributed by atoms with Gasteiger partial charge < -0.3 is 9.84 Å². The van der Waals surface area contributed by atoms with E-state index in [-0.39, 0.29) is 30.0 Å². The zero-order valence-electron chi connectivity index (χ0n) is 14.8. The van der Waals surface area contributed by atoms with Gasteiger partial charge in [-0.3, -0.25) is 0 Å². The number of aromatic hydroxyl groups is 1. The summed E-state index contributed by atoms with van der Waals surface area (Å²) in [4.78, 5) is 13.0. The van der Waals surface area contributed by atoms with Gasteiger partial charge in [0.2, 0.25) is 0 Å². The van der Waals surface area contributed by atoms with E-state index in [0.29, 0.717) is 23.6 Å². The van der Waals surface area contributed by atoms with Crippen molar-refractivity contribution in [2.45, 2.75) is 26.8 Å². The van der Waals surface area contributed by atoms with Crippen LogP contribution < -0.4 is 14.7 Å². The fourth-order valence-corrected chi connectivity index (χ4v) is 2.97. The molecule has 26 heavy (non-hydrogen) atoms. The number of nitrogens with zero attached hydrogens (tertiary/aromatic N) is 3. The molecular weight excluding hydrogens is 330 g/mol. The Labute approximate surface area is 151 Å². The number of ether oxygens (including phenoxy) is 1. The molecule has 0 fully saturated rings. The summed E-state index contributed by atoms with van der Waals surface area (Å²) >= 11 is 0. The van der Waals surface area contributed by atoms with Crippen molar-refractivity contribution in [3.8, 4) is 28.8 Å². The molecule has 2 heterocycles. The van der Waals surface area contributed by atoms with Crippen LogP contribution in [0.4, 0.5) is 0 Å². The summed E-state index contributed by atoms with van der Waals surface area (Å²) in [5.74, 6) is 0.478. The largest absolute Gasteiger partial charge is 0.494 e. The van der Waals surface area contributed by atoms with Crippen molar-refractivity contribution in [1.29, 1.82) is 5.26 Å². The summed E-state index contributed by atoms with van der Waals surface area (Å²) in [6.07, 6.45) is 1.91. The van der Waals surface area contributed by atoms with Gasteiger partial charge in [-0.2, -0.15) is 14.2 Å². The Hall–Kier alpha value is -3.33. The SMILES string of the molecule is CCOc1cccc(-c2c(O)n(CCC#N)c3cc(C)cc[n+]3c2=O)c1. The van der Waals surface area contributed by atoms with Gasteiger partial charge in [-0.25, -0.2) is 4.79 Å². The van der Waals surface area contributed by atoms with Crippen LogP contribution in [0.15, 0.2) is 47.4 Å². The molecule has 132 valence electrons. The number of aryl methyl sites for hydroxylation is 2. The van der Waals surface area contributed by atoms with Crippen molar-refractivity contribution >= 4 is 5.65 Å². The third-order valence-corrected chi connectivity index (χ3v) is 4.16. The van der Waals surface area contributed by atoms with Crippen LogP contribution >= 0.6 is 0 Å². The first-order valence-electron chi connectivity index (χ1n) is 8.44. The average molecular weight is 350 g/mol. The van der Waals surface area contributed by atoms with Gasteiger partial charge in [0.1, 0.15) is 18.5 Å². The van der Waals surface area contributed by atoms with Crippen molar-refractivity contribution in [2.75, 3.05) is 6.61 Å². The number of fused-ring (bicyclic) bond motifs is 1. The highest BCUT2D eigenvalue weighted by molar-refractivity contribution is 5.69. The Morgan fingerprint density at radius 2 is 2.12 bits per heavy atom. The lowest BCUT2D eigenvalue weighted by Gasteiger charge is -2.10. The summed E-state index contributed by atoms with van der Waals surface area (Å²) < 4.78 is 8.60. The molecular formula is C20H20N3O3+. The molecule has 0 spiro atoms. The van der Waals surface area contributed by atoms with Crippen molar-refractivity contribution in [1.82, 2.24) is 4.57 Å². The molecule has 0 unspecified atom stereocenters. The van der Waals surface area contributed by atoms with Crippen LogP contribution in [0.25, 0.3) is 16.8 Å². The summed E-state index contributed by atoms with van der Waals surface area (Å²) in [6.45, 7) is 4.59. The van der Waals surface area contributed by atoms with Crippen molar-refractivity contribution < 1.29 is 14.2 Å². The molecule has 0 aliphatic heterocycles. The molecule has 0 bridgehead atoms. The van der Waals surface area contributed by atoms with Crippen LogP contribution in [0.5, 0.6) is 11.6 Å². The van der Waals surface area contributed by atoms with Crippen LogP contribution in [0, 0.1) is 18.3 Å². The molecule has 6 heteroatoms. The predicted octanol–water partition coefficient (Wildman–Crippen LogP) is 2.58. The highest BCUT2D eigenvalue weighted by atomic mass is 16.5. The number of nitriles is 1. The Bertz CT molecular complexity index is 1060. The monoisotopic (exact) mass is 350 g/mol. The van der Waals surface area contributed by atoms with Gasteiger partial charge in [-0.05, 0) is 37.6 Å². The Morgan fingerprint density at radius 1 is 1.31 bits per heavy atom. The average Bonchev–Trinajstić information content (AvgIpc) is 2.62. The maximum Gasteiger partial charge on any atom is 0.354 e. The molecule has 6 nitrogen and oxygen atoms in total. The highest BCUT2D eigenvalue weighted by Crippen LogP contribution is 2.29. The lowest BCUT2D eigenvalue weighted by molar-refractivity contribution is -0.532. The van der Waals surface area contributed by atoms with Crippen molar-refractivity contribution in [3.63, 3.8) is 0 Å². The Balaban J connectivity index is 2.32. The molecule has 0 saturated heterocycles. The molecule has 3 aromatic rings. The van der Waals surface area contributed by atoms with Gasteiger partial charge in [-0.1, -0.05) is 12.1 Å². The van der Waals surface area contributed by atoms with E-state index in [0.717, 1.165) is 5.56 Å². The molecule has 0 aliphatic rings. The zero-order chi connectivity index (χ0) is 18.7. The molecule has 1 N–H and O–H groups in total. The minimum atomic E-state index is -0.320. The van der Waals surface area contributed by atoms with Gasteiger partial charge in [0.15, 0.2) is 5.56 Å². The quantitative estimate of drug-likeness (QED) is 0.717. The minimum Gasteiger partial charge on any atom is -0.494 e. The van der Waals surface area contributed by atoms with Gasteiger partial charge in [0, 0.05) is 11.6 Å². The molecule has 1 aromatic carbocycles. The number of aromatic nitrogens is 2. The molecule has 0 amide bonds. The molecule has 2 aromatic heterocycles. The number of pyridine rings is 1. The van der Waals surface area contributed by atoms with Crippen LogP contribution in [0.1, 0.15) is 18.9 Å². The van der Waals surface area contributed by atoms with E-state index >= 15 is 0 Å². The van der Waals surface area contributed by atoms with Gasteiger partial charge in [-0.15, -0.1) is 0 Å². The molecule has 0 atom stereocenters. The highest BCUT2D eigenvalue weighted by Gasteiger charge is 2.25. The first-order chi connectivity index (χ1) is 12.6. The second-order valence-corrected chi connectivity index (χ2v) is 5.96. The standard InChI is InChI=1S/C20H19N3O3/c1-3-26-16-7-4-6-15(13-16)18-19(24)22(10-5-9-21)17-12-14(2)8-11-23(17)20(18)25/h4,6-8,11-13H,3,5,10H2,1-2H3/p+1. The number of hydrogen-bond donors (Lipinski definition) is 1. The summed E-state index contributed by atoms with van der Waals surface area (Å²) in [5.41, 5.74) is 1.94. The summed E-state index contributed by atoms with van der Waals surface area (Å²) in [5, 5.41) is 19.8. The third-order valence-electron chi connectivity index (χ3n) is 4.16. The van der Waals surface area contributed by atoms with E-state index in [2.05, 4.69) is 6.07 Å². The lowest BCUT2D eigenvalue weighted by atomic mass is 10.1. The van der Waals surface area contributed by atoms with Crippen molar-refractivity contribution in [3.05, 3.63) is 58.5 Å². The number of benzene rings is 1. The molecule has 3 rings (SSSR count). The van der Waals surface area contributed by atoms with Gasteiger partial charge in [0.05, 0.1) is 19.1 Å². The van der Waals surface area contributed by atoms with Crippen LogP contribution in [-0.2, 0) is 6.54 Å². The van der Waals surface area contributed by atoms with Crippen molar-refractivity contribution in [2.24, 2.45) is 0 Å². The first-order valence-corrected chi connectivity index (χ1v) is 8.44. The second kappa shape index (κ2) is 7.28.